The van der Waals surface area contributed by atoms with E-state index >= 15 is 0 Å². The summed E-state index contributed by atoms with van der Waals surface area (Å²) >= 11 is 0. The van der Waals surface area contributed by atoms with Crippen LogP contribution in [0.4, 0.5) is 0 Å². The van der Waals surface area contributed by atoms with Gasteiger partial charge < -0.3 is 14.4 Å². The number of piperazine rings is 1. The van der Waals surface area contributed by atoms with Gasteiger partial charge in [-0.25, -0.2) is 8.42 Å². The monoisotopic (exact) mass is 366 g/mol. The van der Waals surface area contributed by atoms with E-state index in [1.165, 1.54) is 10.4 Å². The van der Waals surface area contributed by atoms with Crippen LogP contribution in [0.3, 0.4) is 0 Å². The lowest BCUT2D eigenvalue weighted by atomic mass is 10.2. The second kappa shape index (κ2) is 6.17. The molecular formula is C17H22N2O5S. The lowest BCUT2D eigenvalue weighted by Gasteiger charge is -2.34. The molecule has 0 N–H and O–H groups in total. The van der Waals surface area contributed by atoms with Gasteiger partial charge in [0.05, 0.1) is 4.90 Å². The SMILES string of the molecule is C[C@@H]1C[C@@H]1C(=O)N1CCN(S(=O)(=O)c2ccc3c(c2)OCCO3)CC1. The maximum atomic E-state index is 12.9. The highest BCUT2D eigenvalue weighted by Crippen LogP contribution is 2.39. The van der Waals surface area contributed by atoms with Gasteiger partial charge in [0.15, 0.2) is 11.5 Å². The highest BCUT2D eigenvalue weighted by Gasteiger charge is 2.42. The minimum Gasteiger partial charge on any atom is -0.486 e. The second-order valence-electron chi connectivity index (χ2n) is 6.85. The average Bonchev–Trinajstić information content (AvgIpc) is 3.37. The van der Waals surface area contributed by atoms with Crippen molar-refractivity contribution >= 4 is 15.9 Å². The summed E-state index contributed by atoms with van der Waals surface area (Å²) in [6, 6.07) is 4.70. The molecule has 0 radical (unpaired) electrons. The van der Waals surface area contributed by atoms with E-state index in [-0.39, 0.29) is 16.7 Å². The zero-order valence-corrected chi connectivity index (χ0v) is 15.0. The first-order chi connectivity index (χ1) is 12.0. The van der Waals surface area contributed by atoms with E-state index < -0.39 is 10.0 Å². The Kier molecular flexibility index (Phi) is 4.11. The number of benzene rings is 1. The lowest BCUT2D eigenvalue weighted by molar-refractivity contribution is -0.134. The van der Waals surface area contributed by atoms with Crippen molar-refractivity contribution in [2.45, 2.75) is 18.2 Å². The van der Waals surface area contributed by atoms with Crippen LogP contribution in [0.5, 0.6) is 11.5 Å². The summed E-state index contributed by atoms with van der Waals surface area (Å²) in [5.41, 5.74) is 0. The minimum absolute atomic E-state index is 0.140. The first-order valence-corrected chi connectivity index (χ1v) is 10.1. The normalized spacial score (nSPS) is 26.4. The number of ether oxygens (including phenoxy) is 2. The number of nitrogens with zero attached hydrogens (tertiary/aromatic N) is 2. The number of carbonyl (C=O) groups is 1. The molecule has 25 heavy (non-hydrogen) atoms. The zero-order chi connectivity index (χ0) is 17.6. The van der Waals surface area contributed by atoms with E-state index in [4.69, 9.17) is 9.47 Å². The van der Waals surface area contributed by atoms with Crippen molar-refractivity contribution in [1.82, 2.24) is 9.21 Å². The topological polar surface area (TPSA) is 76.2 Å². The average molecular weight is 366 g/mol. The van der Waals surface area contributed by atoms with Crippen molar-refractivity contribution in [2.24, 2.45) is 11.8 Å². The molecule has 0 aromatic heterocycles. The fourth-order valence-electron chi connectivity index (χ4n) is 3.38. The Hall–Kier alpha value is -1.80. The van der Waals surface area contributed by atoms with Crippen molar-refractivity contribution < 1.29 is 22.7 Å². The van der Waals surface area contributed by atoms with Crippen LogP contribution in [0.15, 0.2) is 23.1 Å². The molecule has 1 aromatic carbocycles. The first kappa shape index (κ1) is 16.7. The van der Waals surface area contributed by atoms with Gasteiger partial charge in [-0.3, -0.25) is 4.79 Å². The summed E-state index contributed by atoms with van der Waals surface area (Å²) < 4.78 is 38.1. The van der Waals surface area contributed by atoms with Crippen LogP contribution in [0.1, 0.15) is 13.3 Å². The highest BCUT2D eigenvalue weighted by atomic mass is 32.2. The molecule has 1 aliphatic carbocycles. The molecular weight excluding hydrogens is 344 g/mol. The van der Waals surface area contributed by atoms with Gasteiger partial charge >= 0.3 is 0 Å². The van der Waals surface area contributed by atoms with Crippen LogP contribution in [-0.4, -0.2) is 62.9 Å². The third kappa shape index (κ3) is 3.08. The van der Waals surface area contributed by atoms with E-state index in [9.17, 15) is 13.2 Å². The van der Waals surface area contributed by atoms with Gasteiger partial charge in [-0.15, -0.1) is 0 Å². The molecule has 8 heteroatoms. The van der Waals surface area contributed by atoms with E-state index in [0.717, 1.165) is 6.42 Å². The summed E-state index contributed by atoms with van der Waals surface area (Å²) in [5, 5.41) is 0. The number of sulfonamides is 1. The van der Waals surface area contributed by atoms with Crippen LogP contribution in [0, 0.1) is 11.8 Å². The lowest BCUT2D eigenvalue weighted by Crippen LogP contribution is -2.51. The fourth-order valence-corrected chi connectivity index (χ4v) is 4.82. The molecule has 1 saturated heterocycles. The molecule has 0 unspecified atom stereocenters. The van der Waals surface area contributed by atoms with E-state index in [1.54, 1.807) is 17.0 Å². The quantitative estimate of drug-likeness (QED) is 0.796. The third-order valence-electron chi connectivity index (χ3n) is 5.13. The second-order valence-corrected chi connectivity index (χ2v) is 8.79. The molecule has 4 rings (SSSR count). The molecule has 1 aromatic rings. The number of carbonyl (C=O) groups excluding carboxylic acids is 1. The Labute approximate surface area is 147 Å². The van der Waals surface area contributed by atoms with Crippen LogP contribution >= 0.6 is 0 Å². The van der Waals surface area contributed by atoms with Gasteiger partial charge in [-0.2, -0.15) is 4.31 Å². The molecule has 0 spiro atoms. The summed E-state index contributed by atoms with van der Waals surface area (Å²) in [5.74, 6) is 1.81. The number of fused-ring (bicyclic) bond motifs is 1. The third-order valence-corrected chi connectivity index (χ3v) is 7.02. The first-order valence-electron chi connectivity index (χ1n) is 8.65. The van der Waals surface area contributed by atoms with Crippen molar-refractivity contribution in [1.29, 1.82) is 0 Å². The van der Waals surface area contributed by atoms with Crippen molar-refractivity contribution in [3.05, 3.63) is 18.2 Å². The molecule has 136 valence electrons. The molecule has 2 heterocycles. The van der Waals surface area contributed by atoms with Gasteiger partial charge in [-0.05, 0) is 24.5 Å². The highest BCUT2D eigenvalue weighted by molar-refractivity contribution is 7.89. The molecule has 2 atom stereocenters. The molecule has 2 aliphatic heterocycles. The molecule has 0 bridgehead atoms. The van der Waals surface area contributed by atoms with Crippen LogP contribution in [0.25, 0.3) is 0 Å². The predicted molar refractivity (Wildman–Crippen MR) is 90.0 cm³/mol. The fraction of sp³-hybridized carbons (Fsp3) is 0.588. The number of hydrogen-bond donors (Lipinski definition) is 0. The molecule has 1 amide bonds. The van der Waals surface area contributed by atoms with Crippen molar-refractivity contribution in [3.8, 4) is 11.5 Å². The van der Waals surface area contributed by atoms with Gasteiger partial charge in [-0.1, -0.05) is 6.92 Å². The van der Waals surface area contributed by atoms with Gasteiger partial charge in [0.1, 0.15) is 13.2 Å². The minimum atomic E-state index is -3.60. The van der Waals surface area contributed by atoms with Crippen LogP contribution in [0.2, 0.25) is 0 Å². The Morgan fingerprint density at radius 3 is 2.36 bits per heavy atom. The van der Waals surface area contributed by atoms with E-state index in [0.29, 0.717) is 56.8 Å². The molecule has 1 saturated carbocycles. The van der Waals surface area contributed by atoms with Crippen molar-refractivity contribution in [2.75, 3.05) is 39.4 Å². The number of rotatable bonds is 3. The Bertz CT molecular complexity index is 786. The summed E-state index contributed by atoms with van der Waals surface area (Å²) in [6.07, 6.45) is 0.953. The van der Waals surface area contributed by atoms with E-state index in [1.807, 2.05) is 0 Å². The number of hydrogen-bond acceptors (Lipinski definition) is 5. The maximum Gasteiger partial charge on any atom is 0.243 e. The van der Waals surface area contributed by atoms with Gasteiger partial charge in [0.2, 0.25) is 15.9 Å². The molecule has 3 aliphatic rings. The molecule has 7 nitrogen and oxygen atoms in total. The van der Waals surface area contributed by atoms with E-state index in [2.05, 4.69) is 6.92 Å². The Morgan fingerprint density at radius 1 is 1.08 bits per heavy atom. The van der Waals surface area contributed by atoms with Gasteiger partial charge in [0.25, 0.3) is 0 Å². The predicted octanol–water partition coefficient (Wildman–Crippen LogP) is 0.947. The number of amides is 1. The molecule has 2 fully saturated rings. The van der Waals surface area contributed by atoms with Crippen LogP contribution in [-0.2, 0) is 14.8 Å². The smallest absolute Gasteiger partial charge is 0.243 e. The van der Waals surface area contributed by atoms with Gasteiger partial charge in [0, 0.05) is 38.2 Å². The standard InChI is InChI=1S/C17H22N2O5S/c1-12-10-14(12)17(20)18-4-6-19(7-5-18)25(21,22)13-2-3-15-16(11-13)24-9-8-23-15/h2-3,11-12,14H,4-10H2,1H3/t12-,14+/m1/s1. The van der Waals surface area contributed by atoms with Crippen LogP contribution < -0.4 is 9.47 Å². The van der Waals surface area contributed by atoms with Crippen molar-refractivity contribution in [3.63, 3.8) is 0 Å². The summed E-state index contributed by atoms with van der Waals surface area (Å²) in [6.45, 7) is 4.50. The Morgan fingerprint density at radius 2 is 1.72 bits per heavy atom. The zero-order valence-electron chi connectivity index (χ0n) is 14.2. The largest absolute Gasteiger partial charge is 0.486 e. The Balaban J connectivity index is 1.45. The summed E-state index contributed by atoms with van der Waals surface area (Å²) in [4.78, 5) is 14.3. The summed E-state index contributed by atoms with van der Waals surface area (Å²) in [7, 11) is -3.60. The maximum absolute atomic E-state index is 12.9.